The Bertz CT molecular complexity index is 723. The zero-order chi connectivity index (χ0) is 16.2. The van der Waals surface area contributed by atoms with Gasteiger partial charge in [0.05, 0.1) is 23.8 Å². The first-order chi connectivity index (χ1) is 11.2. The molecule has 1 unspecified atom stereocenters. The predicted octanol–water partition coefficient (Wildman–Crippen LogP) is 2.24. The van der Waals surface area contributed by atoms with E-state index in [0.717, 1.165) is 18.5 Å². The maximum Gasteiger partial charge on any atom is 0.0991 e. The van der Waals surface area contributed by atoms with Gasteiger partial charge in [-0.3, -0.25) is 0 Å². The lowest BCUT2D eigenvalue weighted by Gasteiger charge is -2.34. The number of nitrogens with zero attached hydrogens (tertiary/aromatic N) is 2. The van der Waals surface area contributed by atoms with Crippen LogP contribution in [-0.4, -0.2) is 31.3 Å². The fraction of sp³-hybridized carbons (Fsp3) is 0.316. The summed E-state index contributed by atoms with van der Waals surface area (Å²) in [6.07, 6.45) is 0.428. The predicted molar refractivity (Wildman–Crippen MR) is 91.3 cm³/mol. The molecular weight excluding hydrogens is 286 g/mol. The van der Waals surface area contributed by atoms with Gasteiger partial charge in [0.25, 0.3) is 0 Å². The summed E-state index contributed by atoms with van der Waals surface area (Å²) in [5.74, 6) is 0. The molecule has 2 atom stereocenters. The number of benzene rings is 2. The number of aliphatic hydroxyl groups excluding tert-OH is 1. The second-order valence-corrected chi connectivity index (χ2v) is 5.88. The Morgan fingerprint density at radius 1 is 1.26 bits per heavy atom. The Morgan fingerprint density at radius 2 is 2.09 bits per heavy atom. The molecular formula is C19H21N3O. The standard InChI is InChI=1S/C19H21N3O/c1-21-13-18(23)19(16-7-4-5-14(11-16)12-20)22-10-9-15-6-2-3-8-17(15)22/h2-8,11,18-19,21,23H,9-10,13H2,1H3/t18?,19-/m0/s1. The third kappa shape index (κ3) is 3.07. The van der Waals surface area contributed by atoms with Crippen LogP contribution in [0.15, 0.2) is 48.5 Å². The summed E-state index contributed by atoms with van der Waals surface area (Å²) in [4.78, 5) is 2.26. The van der Waals surface area contributed by atoms with Gasteiger partial charge in [-0.05, 0) is 42.8 Å². The van der Waals surface area contributed by atoms with Crippen LogP contribution in [-0.2, 0) is 6.42 Å². The van der Waals surface area contributed by atoms with Crippen molar-refractivity contribution in [2.24, 2.45) is 0 Å². The first-order valence-electron chi connectivity index (χ1n) is 7.92. The maximum absolute atomic E-state index is 10.7. The summed E-state index contributed by atoms with van der Waals surface area (Å²) in [5.41, 5.74) is 4.08. The van der Waals surface area contributed by atoms with Gasteiger partial charge in [-0.1, -0.05) is 30.3 Å². The van der Waals surface area contributed by atoms with E-state index in [1.165, 1.54) is 11.3 Å². The van der Waals surface area contributed by atoms with Crippen LogP contribution in [0.1, 0.15) is 22.7 Å². The highest BCUT2D eigenvalue weighted by Crippen LogP contribution is 2.36. The minimum Gasteiger partial charge on any atom is -0.389 e. The molecule has 0 spiro atoms. The number of likely N-dealkylation sites (N-methyl/N-ethyl adjacent to an activating group) is 1. The fourth-order valence-electron chi connectivity index (χ4n) is 3.38. The Labute approximate surface area is 137 Å². The Balaban J connectivity index is 2.01. The van der Waals surface area contributed by atoms with Crippen molar-refractivity contribution in [1.82, 2.24) is 5.32 Å². The Hall–Kier alpha value is -2.35. The molecule has 2 N–H and O–H groups in total. The monoisotopic (exact) mass is 307 g/mol. The Morgan fingerprint density at radius 3 is 2.87 bits per heavy atom. The van der Waals surface area contributed by atoms with E-state index in [1.54, 1.807) is 6.07 Å². The molecule has 118 valence electrons. The largest absolute Gasteiger partial charge is 0.389 e. The lowest BCUT2D eigenvalue weighted by Crippen LogP contribution is -2.40. The van der Waals surface area contributed by atoms with Crippen molar-refractivity contribution in [3.8, 4) is 6.07 Å². The van der Waals surface area contributed by atoms with Crippen molar-refractivity contribution in [2.45, 2.75) is 18.6 Å². The van der Waals surface area contributed by atoms with Crippen LogP contribution in [0.25, 0.3) is 0 Å². The van der Waals surface area contributed by atoms with Gasteiger partial charge < -0.3 is 15.3 Å². The molecule has 0 bridgehead atoms. The van der Waals surface area contributed by atoms with Gasteiger partial charge in [-0.15, -0.1) is 0 Å². The van der Waals surface area contributed by atoms with Crippen molar-refractivity contribution in [2.75, 3.05) is 25.0 Å². The second kappa shape index (κ2) is 6.82. The molecule has 4 nitrogen and oxygen atoms in total. The van der Waals surface area contributed by atoms with Gasteiger partial charge >= 0.3 is 0 Å². The summed E-state index contributed by atoms with van der Waals surface area (Å²) in [6, 6.07) is 17.9. The quantitative estimate of drug-likeness (QED) is 0.889. The summed E-state index contributed by atoms with van der Waals surface area (Å²) in [7, 11) is 1.84. The maximum atomic E-state index is 10.7. The van der Waals surface area contributed by atoms with Gasteiger partial charge in [-0.25, -0.2) is 0 Å². The first-order valence-corrected chi connectivity index (χ1v) is 7.92. The minimum atomic E-state index is -0.555. The van der Waals surface area contributed by atoms with E-state index in [0.29, 0.717) is 12.1 Å². The van der Waals surface area contributed by atoms with Crippen LogP contribution in [0, 0.1) is 11.3 Å². The topological polar surface area (TPSA) is 59.3 Å². The Kier molecular flexibility index (Phi) is 4.61. The van der Waals surface area contributed by atoms with Crippen molar-refractivity contribution >= 4 is 5.69 Å². The zero-order valence-electron chi connectivity index (χ0n) is 13.2. The highest BCUT2D eigenvalue weighted by Gasteiger charge is 2.31. The van der Waals surface area contributed by atoms with E-state index in [-0.39, 0.29) is 6.04 Å². The third-order valence-corrected chi connectivity index (χ3v) is 4.39. The minimum absolute atomic E-state index is 0.167. The van der Waals surface area contributed by atoms with Crippen LogP contribution in [0.2, 0.25) is 0 Å². The van der Waals surface area contributed by atoms with Crippen LogP contribution < -0.4 is 10.2 Å². The number of fused-ring (bicyclic) bond motifs is 1. The molecule has 4 heteroatoms. The van der Waals surface area contributed by atoms with Crippen LogP contribution in [0.3, 0.4) is 0 Å². The average Bonchev–Trinajstić information content (AvgIpc) is 3.00. The molecule has 0 saturated heterocycles. The number of hydrogen-bond donors (Lipinski definition) is 2. The van der Waals surface area contributed by atoms with Gasteiger partial charge in [0.2, 0.25) is 0 Å². The van der Waals surface area contributed by atoms with Crippen LogP contribution in [0.5, 0.6) is 0 Å². The molecule has 2 aromatic rings. The smallest absolute Gasteiger partial charge is 0.0991 e. The molecule has 0 fully saturated rings. The fourth-order valence-corrected chi connectivity index (χ4v) is 3.38. The van der Waals surface area contributed by atoms with E-state index < -0.39 is 6.10 Å². The SMILES string of the molecule is CNCC(O)[C@H](c1cccc(C#N)c1)N1CCc2ccccc21. The van der Waals surface area contributed by atoms with E-state index >= 15 is 0 Å². The van der Waals surface area contributed by atoms with Crippen molar-refractivity contribution in [3.05, 3.63) is 65.2 Å². The summed E-state index contributed by atoms with van der Waals surface area (Å²) >= 11 is 0. The summed E-state index contributed by atoms with van der Waals surface area (Å²) in [5, 5.41) is 22.9. The number of para-hydroxylation sites is 1. The first kappa shape index (κ1) is 15.5. The zero-order valence-corrected chi connectivity index (χ0v) is 13.2. The van der Waals surface area contributed by atoms with E-state index in [4.69, 9.17) is 0 Å². The summed E-state index contributed by atoms with van der Waals surface area (Å²) in [6.45, 7) is 1.38. The number of anilines is 1. The molecule has 0 radical (unpaired) electrons. The molecule has 1 aliphatic rings. The number of rotatable bonds is 5. The molecule has 0 aliphatic carbocycles. The van der Waals surface area contributed by atoms with Gasteiger partial charge in [0.15, 0.2) is 0 Å². The number of hydrogen-bond acceptors (Lipinski definition) is 4. The van der Waals surface area contributed by atoms with Crippen molar-refractivity contribution in [3.63, 3.8) is 0 Å². The van der Waals surface area contributed by atoms with Gasteiger partial charge in [0.1, 0.15) is 0 Å². The molecule has 0 aromatic heterocycles. The van der Waals surface area contributed by atoms with Crippen LogP contribution in [0.4, 0.5) is 5.69 Å². The van der Waals surface area contributed by atoms with Crippen molar-refractivity contribution in [1.29, 1.82) is 5.26 Å². The van der Waals surface area contributed by atoms with Gasteiger partial charge in [0, 0.05) is 18.8 Å². The second-order valence-electron chi connectivity index (χ2n) is 5.88. The molecule has 1 aliphatic heterocycles. The van der Waals surface area contributed by atoms with Crippen molar-refractivity contribution < 1.29 is 5.11 Å². The molecule has 2 aromatic carbocycles. The molecule has 1 heterocycles. The van der Waals surface area contributed by atoms with Crippen LogP contribution >= 0.6 is 0 Å². The third-order valence-electron chi connectivity index (χ3n) is 4.39. The number of nitrogens with one attached hydrogen (secondary N) is 1. The lowest BCUT2D eigenvalue weighted by molar-refractivity contribution is 0.141. The number of nitriles is 1. The number of aliphatic hydroxyl groups is 1. The highest BCUT2D eigenvalue weighted by atomic mass is 16.3. The molecule has 3 rings (SSSR count). The normalized spacial score (nSPS) is 15.8. The molecule has 0 amide bonds. The van der Waals surface area contributed by atoms with E-state index in [2.05, 4.69) is 34.5 Å². The van der Waals surface area contributed by atoms with Gasteiger partial charge in [-0.2, -0.15) is 5.26 Å². The summed E-state index contributed by atoms with van der Waals surface area (Å²) < 4.78 is 0. The molecule has 0 saturated carbocycles. The highest BCUT2D eigenvalue weighted by molar-refractivity contribution is 5.60. The lowest BCUT2D eigenvalue weighted by atomic mass is 9.97. The van der Waals surface area contributed by atoms with E-state index in [9.17, 15) is 10.4 Å². The van der Waals surface area contributed by atoms with E-state index in [1.807, 2.05) is 31.3 Å². The molecule has 23 heavy (non-hydrogen) atoms. The average molecular weight is 307 g/mol.